The van der Waals surface area contributed by atoms with Gasteiger partial charge in [-0.05, 0) is 0 Å². The zero-order valence-electron chi connectivity index (χ0n) is 7.73. The van der Waals surface area contributed by atoms with Gasteiger partial charge in [0.05, 0.1) is 0 Å². The van der Waals surface area contributed by atoms with Gasteiger partial charge in [-0.2, -0.15) is 0 Å². The number of benzene rings is 1. The average molecular weight is 472 g/mol. The molecule has 1 aromatic carbocycles. The van der Waals surface area contributed by atoms with E-state index in [-0.39, 0.29) is 0 Å². The predicted molar refractivity (Wildman–Crippen MR) is 65.2 cm³/mol. The van der Waals surface area contributed by atoms with Crippen molar-refractivity contribution < 1.29 is 0 Å². The first kappa shape index (κ1) is 11.3. The molecule has 0 bridgehead atoms. The van der Waals surface area contributed by atoms with Gasteiger partial charge in [-0.15, -0.1) is 0 Å². The summed E-state index contributed by atoms with van der Waals surface area (Å²) >= 11 is 1.76. The minimum absolute atomic E-state index is 0.390. The summed E-state index contributed by atoms with van der Waals surface area (Å²) in [5.41, 5.74) is 0. The van der Waals surface area contributed by atoms with Gasteiger partial charge in [0.25, 0.3) is 0 Å². The number of hydrogen-bond acceptors (Lipinski definition) is 4. The molecule has 2 heterocycles. The first-order chi connectivity index (χ1) is 7.93. The monoisotopic (exact) mass is 476 g/mol. The Morgan fingerprint density at radius 3 is 1.44 bits per heavy atom. The molecule has 0 unspecified atom stereocenters. The molecule has 0 saturated carbocycles. The maximum absolute atomic E-state index is 4.19. The summed E-state index contributed by atoms with van der Waals surface area (Å²) in [5, 5.41) is 10.8. The summed E-state index contributed by atoms with van der Waals surface area (Å²) in [6.45, 7) is 0. The summed E-state index contributed by atoms with van der Waals surface area (Å²) < 4.78 is 10.5. The van der Waals surface area contributed by atoms with E-state index in [2.05, 4.69) is 42.8 Å². The average Bonchev–Trinajstić information content (AvgIpc) is 3.03. The minimum atomic E-state index is 0.390. The van der Waals surface area contributed by atoms with Crippen molar-refractivity contribution in [2.24, 2.45) is 18.5 Å². The Labute approximate surface area is 114 Å². The summed E-state index contributed by atoms with van der Waals surface area (Å²) in [7, 11) is 0. The Balaban J connectivity index is 2.09. The van der Waals surface area contributed by atoms with Crippen molar-refractivity contribution in [3.05, 3.63) is 34.7 Å². The molecule has 3 rings (SSSR count). The SMILES string of the molecule is c1cc(=C2N=N[Se][Se]2)ccc1=C1N=N[Se][Se]1. The van der Waals surface area contributed by atoms with E-state index in [9.17, 15) is 0 Å². The van der Waals surface area contributed by atoms with Gasteiger partial charge < -0.3 is 0 Å². The topological polar surface area (TPSA) is 49.4 Å². The molecule has 1 aromatic rings. The molecule has 0 aliphatic carbocycles. The second-order valence-corrected chi connectivity index (χ2v) is 13.4. The van der Waals surface area contributed by atoms with Crippen LogP contribution in [0.5, 0.6) is 0 Å². The van der Waals surface area contributed by atoms with Crippen LogP contribution in [0, 0.1) is 0 Å². The van der Waals surface area contributed by atoms with Gasteiger partial charge in [0, 0.05) is 0 Å². The van der Waals surface area contributed by atoms with Crippen LogP contribution in [-0.2, 0) is 0 Å². The molecule has 4 nitrogen and oxygen atoms in total. The normalized spacial score (nSPS) is 18.8. The number of hydrogen-bond donors (Lipinski definition) is 0. The second kappa shape index (κ2) is 5.26. The molecule has 16 heavy (non-hydrogen) atoms. The van der Waals surface area contributed by atoms with Gasteiger partial charge in [-0.25, -0.2) is 0 Å². The summed E-state index contributed by atoms with van der Waals surface area (Å²) in [6.07, 6.45) is 0. The molecule has 0 spiro atoms. The molecule has 0 saturated heterocycles. The van der Waals surface area contributed by atoms with Crippen LogP contribution in [0.4, 0.5) is 0 Å². The van der Waals surface area contributed by atoms with Crippen molar-refractivity contribution in [3.8, 4) is 0 Å². The van der Waals surface area contributed by atoms with Crippen molar-refractivity contribution in [1.82, 2.24) is 0 Å². The van der Waals surface area contributed by atoms with E-state index in [1.165, 1.54) is 19.6 Å². The molecular weight excluding hydrogens is 468 g/mol. The van der Waals surface area contributed by atoms with Crippen LogP contribution in [0.25, 0.3) is 9.19 Å². The Hall–Kier alpha value is 0.238. The summed E-state index contributed by atoms with van der Waals surface area (Å²) in [6, 6.07) is 8.54. The third kappa shape index (κ3) is 2.40. The van der Waals surface area contributed by atoms with E-state index < -0.39 is 0 Å². The van der Waals surface area contributed by atoms with Crippen LogP contribution in [-0.4, -0.2) is 53.0 Å². The van der Waals surface area contributed by atoms with Crippen molar-refractivity contribution in [2.75, 3.05) is 0 Å². The molecular formula is C8H4N4Se4. The van der Waals surface area contributed by atoms with E-state index in [1.54, 1.807) is 0 Å². The van der Waals surface area contributed by atoms with E-state index in [4.69, 9.17) is 0 Å². The Morgan fingerprint density at radius 2 is 1.12 bits per heavy atom. The zero-order chi connectivity index (χ0) is 10.8. The molecule has 0 fully saturated rings. The van der Waals surface area contributed by atoms with Crippen LogP contribution in [0.1, 0.15) is 0 Å². The quantitative estimate of drug-likeness (QED) is 0.446. The second-order valence-electron chi connectivity index (χ2n) is 2.87. The molecule has 0 atom stereocenters. The van der Waals surface area contributed by atoms with Crippen LogP contribution in [0.3, 0.4) is 0 Å². The first-order valence-electron chi connectivity index (χ1n) is 4.28. The van der Waals surface area contributed by atoms with Crippen LogP contribution >= 0.6 is 0 Å². The van der Waals surface area contributed by atoms with Gasteiger partial charge in [-0.3, -0.25) is 0 Å². The zero-order valence-corrected chi connectivity index (χ0v) is 14.6. The van der Waals surface area contributed by atoms with E-state index >= 15 is 0 Å². The molecule has 2 aliphatic heterocycles. The van der Waals surface area contributed by atoms with E-state index in [0.717, 1.165) is 0 Å². The molecule has 0 amide bonds. The van der Waals surface area contributed by atoms with Gasteiger partial charge in [0.1, 0.15) is 0 Å². The Kier molecular flexibility index (Phi) is 3.73. The van der Waals surface area contributed by atoms with Gasteiger partial charge in [-0.1, -0.05) is 0 Å². The standard InChI is InChI=1S/C8H4N4Se4/c1-2-6(8-10-12-16-14-8)4-3-5(1)7-9-11-15-13-7/h1-4H. The van der Waals surface area contributed by atoms with Gasteiger partial charge in [0.15, 0.2) is 0 Å². The van der Waals surface area contributed by atoms with Crippen molar-refractivity contribution in [2.45, 2.75) is 0 Å². The fourth-order valence-corrected chi connectivity index (χ4v) is 9.76. The molecule has 0 radical (unpaired) electrons. The third-order valence-electron chi connectivity index (χ3n) is 1.94. The Bertz CT molecular complexity index is 518. The summed E-state index contributed by atoms with van der Waals surface area (Å²) in [4.78, 5) is 0. The Morgan fingerprint density at radius 1 is 0.688 bits per heavy atom. The predicted octanol–water partition coefficient (Wildman–Crippen LogP) is -0.774. The molecule has 8 heteroatoms. The maximum atomic E-state index is 4.19. The van der Waals surface area contributed by atoms with Gasteiger partial charge >= 0.3 is 115 Å². The molecule has 2 aliphatic rings. The van der Waals surface area contributed by atoms with Crippen LogP contribution < -0.4 is 10.4 Å². The van der Waals surface area contributed by atoms with E-state index in [1.807, 2.05) is 0 Å². The van der Waals surface area contributed by atoms with Crippen LogP contribution in [0.2, 0.25) is 0 Å². The molecule has 0 N–H and O–H groups in total. The van der Waals surface area contributed by atoms with E-state index in [0.29, 0.717) is 53.0 Å². The van der Waals surface area contributed by atoms with Gasteiger partial charge in [0.2, 0.25) is 0 Å². The van der Waals surface area contributed by atoms with Crippen molar-refractivity contribution >= 4 is 62.2 Å². The fraction of sp³-hybridized carbons (Fsp3) is 0. The first-order valence-corrected chi connectivity index (χ1v) is 16.2. The number of rotatable bonds is 0. The van der Waals surface area contributed by atoms with Crippen LogP contribution in [0.15, 0.2) is 42.8 Å². The fourth-order valence-electron chi connectivity index (χ4n) is 1.21. The van der Waals surface area contributed by atoms with Crippen molar-refractivity contribution in [1.29, 1.82) is 0 Å². The van der Waals surface area contributed by atoms with Crippen molar-refractivity contribution in [3.63, 3.8) is 0 Å². The molecule has 0 aromatic heterocycles. The molecule has 80 valence electrons. The summed E-state index contributed by atoms with van der Waals surface area (Å²) in [5.74, 6) is 0. The number of nitrogens with zero attached hydrogens (tertiary/aromatic N) is 4. The third-order valence-corrected chi connectivity index (χ3v) is 11.4.